The van der Waals surface area contributed by atoms with Crippen molar-refractivity contribution in [2.24, 2.45) is 7.05 Å². The predicted molar refractivity (Wildman–Crippen MR) is 77.9 cm³/mol. The minimum atomic E-state index is -0.699. The first-order chi connectivity index (χ1) is 9.99. The Bertz CT molecular complexity index is 779. The lowest BCUT2D eigenvalue weighted by Crippen LogP contribution is -2.35. The van der Waals surface area contributed by atoms with Gasteiger partial charge in [-0.15, -0.1) is 0 Å². The van der Waals surface area contributed by atoms with E-state index in [1.54, 1.807) is 36.0 Å². The Kier molecular flexibility index (Phi) is 3.14. The molecule has 1 aliphatic rings. The zero-order valence-corrected chi connectivity index (χ0v) is 11.9. The fraction of sp³-hybridized carbons (Fsp3) is 0.133. The van der Waals surface area contributed by atoms with E-state index in [1.165, 1.54) is 17.0 Å². The Morgan fingerprint density at radius 2 is 2.00 bits per heavy atom. The van der Waals surface area contributed by atoms with E-state index in [9.17, 15) is 14.4 Å². The first-order valence-corrected chi connectivity index (χ1v) is 6.67. The molecule has 0 bridgehead atoms. The normalized spacial score (nSPS) is 13.7. The minimum absolute atomic E-state index is 0.185. The molecule has 21 heavy (non-hydrogen) atoms. The smallest absolute Gasteiger partial charge is 0.299 e. The molecular formula is C15H11ClN2O3. The second-order valence-electron chi connectivity index (χ2n) is 4.81. The largest absolute Gasteiger partial charge is 0.348 e. The van der Waals surface area contributed by atoms with Gasteiger partial charge in [-0.3, -0.25) is 19.3 Å². The summed E-state index contributed by atoms with van der Waals surface area (Å²) >= 11 is 5.91. The van der Waals surface area contributed by atoms with Crippen LogP contribution in [-0.2, 0) is 11.8 Å². The van der Waals surface area contributed by atoms with Gasteiger partial charge in [0.2, 0.25) is 0 Å². The van der Waals surface area contributed by atoms with Crippen LogP contribution in [0.15, 0.2) is 36.5 Å². The zero-order chi connectivity index (χ0) is 15.1. The minimum Gasteiger partial charge on any atom is -0.348 e. The highest BCUT2D eigenvalue weighted by molar-refractivity contribution is 6.53. The molecule has 5 nitrogen and oxygen atoms in total. The molecule has 0 unspecified atom stereocenters. The summed E-state index contributed by atoms with van der Waals surface area (Å²) in [5.41, 5.74) is 1.15. The molecule has 0 aliphatic carbocycles. The van der Waals surface area contributed by atoms with Gasteiger partial charge >= 0.3 is 0 Å². The summed E-state index contributed by atoms with van der Waals surface area (Å²) in [5, 5.41) is 0.410. The van der Waals surface area contributed by atoms with Gasteiger partial charge < -0.3 is 4.57 Å². The van der Waals surface area contributed by atoms with Gasteiger partial charge in [0.25, 0.3) is 11.7 Å². The van der Waals surface area contributed by atoms with Crippen molar-refractivity contribution in [2.45, 2.75) is 0 Å². The number of anilines is 1. The van der Waals surface area contributed by atoms with Crippen LogP contribution >= 0.6 is 11.6 Å². The third-order valence-electron chi connectivity index (χ3n) is 3.47. The Balaban J connectivity index is 1.95. The van der Waals surface area contributed by atoms with Gasteiger partial charge in [-0.05, 0) is 30.3 Å². The number of Topliss-reactive ketones (excluding diaryl/α,β-unsaturated/α-hetero) is 2. The number of halogens is 1. The van der Waals surface area contributed by atoms with Crippen LogP contribution in [0.4, 0.5) is 5.69 Å². The zero-order valence-electron chi connectivity index (χ0n) is 11.2. The van der Waals surface area contributed by atoms with Crippen molar-refractivity contribution in [3.63, 3.8) is 0 Å². The van der Waals surface area contributed by atoms with Gasteiger partial charge in [0, 0.05) is 18.3 Å². The summed E-state index contributed by atoms with van der Waals surface area (Å²) in [6.07, 6.45) is 1.75. The number of carbonyl (C=O) groups is 3. The fourth-order valence-electron chi connectivity index (χ4n) is 2.40. The van der Waals surface area contributed by atoms with Crippen molar-refractivity contribution >= 4 is 34.8 Å². The van der Waals surface area contributed by atoms with Crippen molar-refractivity contribution in [3.05, 3.63) is 52.8 Å². The van der Waals surface area contributed by atoms with Crippen LogP contribution in [-0.4, -0.2) is 28.6 Å². The van der Waals surface area contributed by atoms with Gasteiger partial charge in [-0.1, -0.05) is 11.6 Å². The average molecular weight is 303 g/mol. The molecule has 0 fully saturated rings. The maximum absolute atomic E-state index is 12.3. The van der Waals surface area contributed by atoms with Crippen molar-refractivity contribution < 1.29 is 14.4 Å². The van der Waals surface area contributed by atoms with Crippen LogP contribution in [0, 0.1) is 0 Å². The molecule has 0 saturated carbocycles. The molecule has 1 aliphatic heterocycles. The van der Waals surface area contributed by atoms with Crippen LogP contribution in [0.25, 0.3) is 0 Å². The van der Waals surface area contributed by atoms with Crippen molar-refractivity contribution in [1.29, 1.82) is 0 Å². The lowest BCUT2D eigenvalue weighted by atomic mass is 10.1. The number of ketones is 2. The quantitative estimate of drug-likeness (QED) is 0.644. The molecule has 2 aromatic rings. The Morgan fingerprint density at radius 1 is 1.24 bits per heavy atom. The highest BCUT2D eigenvalue weighted by Gasteiger charge is 2.37. The van der Waals surface area contributed by atoms with Crippen LogP contribution in [0.2, 0.25) is 5.02 Å². The molecule has 0 atom stereocenters. The predicted octanol–water partition coefficient (Wildman–Crippen LogP) is 2.09. The molecule has 0 spiro atoms. The Hall–Kier alpha value is -2.40. The summed E-state index contributed by atoms with van der Waals surface area (Å²) in [6.45, 7) is -0.185. The van der Waals surface area contributed by atoms with Crippen LogP contribution in [0.1, 0.15) is 20.8 Å². The van der Waals surface area contributed by atoms with Crippen molar-refractivity contribution in [3.8, 4) is 0 Å². The molecule has 0 saturated heterocycles. The summed E-state index contributed by atoms with van der Waals surface area (Å²) in [7, 11) is 1.75. The lowest BCUT2D eigenvalue weighted by Gasteiger charge is -2.15. The summed E-state index contributed by atoms with van der Waals surface area (Å²) in [4.78, 5) is 37.4. The van der Waals surface area contributed by atoms with Crippen molar-refractivity contribution in [1.82, 2.24) is 4.57 Å². The monoisotopic (exact) mass is 302 g/mol. The standard InChI is InChI=1S/C15H11ClN2O3/c1-17-6-2-3-11(17)13(19)8-18-12-7-9(16)4-5-10(12)14(20)15(18)21/h2-7H,8H2,1H3. The number of rotatable bonds is 3. The molecule has 106 valence electrons. The molecule has 0 N–H and O–H groups in total. The second kappa shape index (κ2) is 4.86. The number of fused-ring (bicyclic) bond motifs is 1. The van der Waals surface area contributed by atoms with Gasteiger partial charge in [0.05, 0.1) is 23.5 Å². The number of nitrogens with zero attached hydrogens (tertiary/aromatic N) is 2. The van der Waals surface area contributed by atoms with Crippen LogP contribution in [0.5, 0.6) is 0 Å². The lowest BCUT2D eigenvalue weighted by molar-refractivity contribution is -0.114. The van der Waals surface area contributed by atoms with E-state index < -0.39 is 11.7 Å². The first kappa shape index (κ1) is 13.6. The molecule has 1 aromatic carbocycles. The first-order valence-electron chi connectivity index (χ1n) is 6.29. The number of hydrogen-bond acceptors (Lipinski definition) is 3. The number of carbonyl (C=O) groups excluding carboxylic acids is 3. The third kappa shape index (κ3) is 2.15. The number of amides is 1. The fourth-order valence-corrected chi connectivity index (χ4v) is 2.57. The summed E-state index contributed by atoms with van der Waals surface area (Å²) in [5.74, 6) is -1.55. The van der Waals surface area contributed by atoms with E-state index in [2.05, 4.69) is 0 Å². The van der Waals surface area contributed by atoms with E-state index in [-0.39, 0.29) is 17.9 Å². The molecule has 6 heteroatoms. The maximum Gasteiger partial charge on any atom is 0.299 e. The molecule has 2 heterocycles. The molecule has 0 radical (unpaired) electrons. The number of aromatic nitrogens is 1. The second-order valence-corrected chi connectivity index (χ2v) is 5.25. The van der Waals surface area contributed by atoms with E-state index in [1.807, 2.05) is 0 Å². The topological polar surface area (TPSA) is 59.4 Å². The molecule has 3 rings (SSSR count). The molecular weight excluding hydrogens is 292 g/mol. The third-order valence-corrected chi connectivity index (χ3v) is 3.70. The number of hydrogen-bond donors (Lipinski definition) is 0. The van der Waals surface area contributed by atoms with Gasteiger partial charge in [-0.25, -0.2) is 0 Å². The highest BCUT2D eigenvalue weighted by Crippen LogP contribution is 2.31. The summed E-state index contributed by atoms with van der Waals surface area (Å²) in [6, 6.07) is 8.00. The van der Waals surface area contributed by atoms with Crippen molar-refractivity contribution in [2.75, 3.05) is 11.4 Å². The van der Waals surface area contributed by atoms with E-state index >= 15 is 0 Å². The van der Waals surface area contributed by atoms with E-state index in [4.69, 9.17) is 11.6 Å². The highest BCUT2D eigenvalue weighted by atomic mass is 35.5. The average Bonchev–Trinajstić information content (AvgIpc) is 2.97. The van der Waals surface area contributed by atoms with E-state index in [0.29, 0.717) is 16.4 Å². The van der Waals surface area contributed by atoms with Crippen LogP contribution in [0.3, 0.4) is 0 Å². The number of aryl methyl sites for hydroxylation is 1. The summed E-state index contributed by atoms with van der Waals surface area (Å²) < 4.78 is 1.67. The van der Waals surface area contributed by atoms with E-state index in [0.717, 1.165) is 0 Å². The van der Waals surface area contributed by atoms with Gasteiger partial charge in [0.1, 0.15) is 0 Å². The van der Waals surface area contributed by atoms with Gasteiger partial charge in [-0.2, -0.15) is 0 Å². The molecule has 1 aromatic heterocycles. The Labute approximate surface area is 125 Å². The van der Waals surface area contributed by atoms with Gasteiger partial charge in [0.15, 0.2) is 5.78 Å². The molecule has 1 amide bonds. The maximum atomic E-state index is 12.3. The Morgan fingerprint density at radius 3 is 2.67 bits per heavy atom. The number of benzene rings is 1. The SMILES string of the molecule is Cn1cccc1C(=O)CN1C(=O)C(=O)c2ccc(Cl)cc21. The van der Waals surface area contributed by atoms with Crippen LogP contribution < -0.4 is 4.90 Å².